The maximum Gasteiger partial charge on any atom is 0.323 e. The van der Waals surface area contributed by atoms with Crippen molar-refractivity contribution in [3.05, 3.63) is 52.0 Å². The van der Waals surface area contributed by atoms with Crippen LogP contribution in [0.25, 0.3) is 0 Å². The molecule has 7 heteroatoms. The van der Waals surface area contributed by atoms with E-state index in [1.165, 1.54) is 11.0 Å². The number of carboxylic acids is 1. The Hall–Kier alpha value is -2.73. The van der Waals surface area contributed by atoms with E-state index < -0.39 is 24.3 Å². The van der Waals surface area contributed by atoms with E-state index in [1.807, 2.05) is 0 Å². The number of anilines is 1. The summed E-state index contributed by atoms with van der Waals surface area (Å²) in [5, 5.41) is 20.0. The molecule has 0 aliphatic carbocycles. The number of hydrogen-bond donors (Lipinski definition) is 2. The molecule has 2 aliphatic rings. The lowest BCUT2D eigenvalue weighted by Crippen LogP contribution is -2.34. The van der Waals surface area contributed by atoms with E-state index >= 15 is 0 Å². The molecule has 0 spiro atoms. The standard InChI is InChI=1S/C18H14ClNO5/c19-10-1-2-13-11(6-10)17(18(24)20(13)8-16(22)23)12-5-9-3-4-25-15(9)7-14(12)21/h1-2,5-7,17,21H,3-4,8H2,(H,22,23). The van der Waals surface area contributed by atoms with Gasteiger partial charge in [-0.15, -0.1) is 0 Å². The number of nitrogens with zero attached hydrogens (tertiary/aromatic N) is 1. The van der Waals surface area contributed by atoms with Gasteiger partial charge in [0, 0.05) is 28.8 Å². The zero-order chi connectivity index (χ0) is 17.7. The number of halogens is 1. The topological polar surface area (TPSA) is 87.1 Å². The highest BCUT2D eigenvalue weighted by atomic mass is 35.5. The molecule has 1 atom stereocenters. The summed E-state index contributed by atoms with van der Waals surface area (Å²) in [5.74, 6) is -1.74. The quantitative estimate of drug-likeness (QED) is 0.879. The van der Waals surface area contributed by atoms with E-state index in [0.29, 0.717) is 40.6 Å². The number of phenols is 1. The van der Waals surface area contributed by atoms with Crippen LogP contribution in [0.1, 0.15) is 22.6 Å². The summed E-state index contributed by atoms with van der Waals surface area (Å²) < 4.78 is 5.43. The monoisotopic (exact) mass is 359 g/mol. The van der Waals surface area contributed by atoms with E-state index in [9.17, 15) is 14.7 Å². The van der Waals surface area contributed by atoms with Crippen LogP contribution in [-0.4, -0.2) is 35.2 Å². The van der Waals surface area contributed by atoms with Gasteiger partial charge in [-0.3, -0.25) is 9.59 Å². The Kier molecular flexibility index (Phi) is 3.58. The molecule has 0 fully saturated rings. The summed E-state index contributed by atoms with van der Waals surface area (Å²) in [5.41, 5.74) is 2.44. The van der Waals surface area contributed by atoms with Gasteiger partial charge in [-0.1, -0.05) is 11.6 Å². The number of carbonyl (C=O) groups is 2. The second-order valence-electron chi connectivity index (χ2n) is 6.07. The third kappa shape index (κ3) is 2.49. The van der Waals surface area contributed by atoms with Crippen LogP contribution >= 0.6 is 11.6 Å². The first-order valence-electron chi connectivity index (χ1n) is 7.77. The predicted octanol–water partition coefficient (Wildman–Crippen LogP) is 2.54. The fourth-order valence-corrected chi connectivity index (χ4v) is 3.65. The summed E-state index contributed by atoms with van der Waals surface area (Å²) in [6, 6.07) is 8.15. The predicted molar refractivity (Wildman–Crippen MR) is 90.6 cm³/mol. The normalized spacial score (nSPS) is 18.0. The molecule has 2 N–H and O–H groups in total. The van der Waals surface area contributed by atoms with Crippen molar-refractivity contribution < 1.29 is 24.5 Å². The number of ether oxygens (including phenoxy) is 1. The maximum absolute atomic E-state index is 12.9. The van der Waals surface area contributed by atoms with Crippen LogP contribution in [0.15, 0.2) is 30.3 Å². The summed E-state index contributed by atoms with van der Waals surface area (Å²) in [7, 11) is 0. The van der Waals surface area contributed by atoms with E-state index in [1.54, 1.807) is 24.3 Å². The van der Waals surface area contributed by atoms with E-state index in [0.717, 1.165) is 5.56 Å². The largest absolute Gasteiger partial charge is 0.507 e. The molecule has 0 aromatic heterocycles. The van der Waals surface area contributed by atoms with Crippen molar-refractivity contribution in [3.63, 3.8) is 0 Å². The molecule has 2 aliphatic heterocycles. The van der Waals surface area contributed by atoms with Crippen LogP contribution in [0.3, 0.4) is 0 Å². The van der Waals surface area contributed by atoms with Crippen molar-refractivity contribution in [3.8, 4) is 11.5 Å². The van der Waals surface area contributed by atoms with Crippen LogP contribution in [0.2, 0.25) is 5.02 Å². The van der Waals surface area contributed by atoms with Gasteiger partial charge in [-0.2, -0.15) is 0 Å². The third-order valence-corrected chi connectivity index (χ3v) is 4.78. The SMILES string of the molecule is O=C(O)CN1C(=O)C(c2cc3c(cc2O)OCC3)c2cc(Cl)ccc21. The number of carbonyl (C=O) groups excluding carboxylic acids is 1. The van der Waals surface area contributed by atoms with Gasteiger partial charge in [0.2, 0.25) is 5.91 Å². The van der Waals surface area contributed by atoms with Crippen LogP contribution in [0.4, 0.5) is 5.69 Å². The van der Waals surface area contributed by atoms with Gasteiger partial charge in [0.05, 0.1) is 12.5 Å². The van der Waals surface area contributed by atoms with Gasteiger partial charge in [-0.25, -0.2) is 0 Å². The highest BCUT2D eigenvalue weighted by molar-refractivity contribution is 6.31. The Morgan fingerprint density at radius 3 is 2.84 bits per heavy atom. The molecular formula is C18H14ClNO5. The molecule has 6 nitrogen and oxygen atoms in total. The number of phenolic OH excluding ortho intramolecular Hbond substituents is 1. The molecule has 25 heavy (non-hydrogen) atoms. The summed E-state index contributed by atoms with van der Waals surface area (Å²) in [6.07, 6.45) is 0.699. The van der Waals surface area contributed by atoms with Crippen molar-refractivity contribution in [2.24, 2.45) is 0 Å². The second kappa shape index (κ2) is 5.67. The van der Waals surface area contributed by atoms with Crippen LogP contribution in [0, 0.1) is 0 Å². The number of rotatable bonds is 3. The molecule has 128 valence electrons. The molecule has 4 rings (SSSR count). The molecule has 2 aromatic rings. The van der Waals surface area contributed by atoms with Gasteiger partial charge in [-0.05, 0) is 35.4 Å². The van der Waals surface area contributed by atoms with Gasteiger partial charge in [0.1, 0.15) is 18.0 Å². The van der Waals surface area contributed by atoms with E-state index in [-0.39, 0.29) is 5.75 Å². The number of benzene rings is 2. The lowest BCUT2D eigenvalue weighted by atomic mass is 9.90. The van der Waals surface area contributed by atoms with Gasteiger partial charge >= 0.3 is 5.97 Å². The van der Waals surface area contributed by atoms with Crippen molar-refractivity contribution in [1.29, 1.82) is 0 Å². The number of aromatic hydroxyl groups is 1. The minimum absolute atomic E-state index is 0.0536. The van der Waals surface area contributed by atoms with Crippen molar-refractivity contribution in [2.45, 2.75) is 12.3 Å². The second-order valence-corrected chi connectivity index (χ2v) is 6.51. The smallest absolute Gasteiger partial charge is 0.323 e. The number of hydrogen-bond acceptors (Lipinski definition) is 4. The summed E-state index contributed by atoms with van der Waals surface area (Å²) >= 11 is 6.08. The van der Waals surface area contributed by atoms with Gasteiger partial charge < -0.3 is 19.8 Å². The number of aliphatic carboxylic acids is 1. The van der Waals surface area contributed by atoms with Crippen molar-refractivity contribution in [2.75, 3.05) is 18.1 Å². The number of amides is 1. The first kappa shape index (κ1) is 15.8. The minimum atomic E-state index is -1.11. The summed E-state index contributed by atoms with van der Waals surface area (Å²) in [6.45, 7) is 0.0865. The molecule has 2 heterocycles. The number of carboxylic acid groups (broad SMARTS) is 1. The highest BCUT2D eigenvalue weighted by Crippen LogP contribution is 2.46. The molecule has 0 bridgehead atoms. The van der Waals surface area contributed by atoms with E-state index in [4.69, 9.17) is 21.4 Å². The first-order valence-corrected chi connectivity index (χ1v) is 8.14. The lowest BCUT2D eigenvalue weighted by Gasteiger charge is -2.16. The zero-order valence-electron chi connectivity index (χ0n) is 13.0. The molecule has 0 radical (unpaired) electrons. The average molecular weight is 360 g/mol. The Balaban J connectivity index is 1.87. The third-order valence-electron chi connectivity index (χ3n) is 4.55. The fraction of sp³-hybridized carbons (Fsp3) is 0.222. The lowest BCUT2D eigenvalue weighted by molar-refractivity contribution is -0.136. The maximum atomic E-state index is 12.9. The van der Waals surface area contributed by atoms with Crippen LogP contribution in [-0.2, 0) is 16.0 Å². The van der Waals surface area contributed by atoms with Crippen LogP contribution in [0.5, 0.6) is 11.5 Å². The van der Waals surface area contributed by atoms with Crippen molar-refractivity contribution >= 4 is 29.2 Å². The summed E-state index contributed by atoms with van der Waals surface area (Å²) in [4.78, 5) is 25.3. The highest BCUT2D eigenvalue weighted by Gasteiger charge is 2.41. The molecular weight excluding hydrogens is 346 g/mol. The van der Waals surface area contributed by atoms with E-state index in [2.05, 4.69) is 0 Å². The minimum Gasteiger partial charge on any atom is -0.507 e. The first-order chi connectivity index (χ1) is 12.0. The average Bonchev–Trinajstić information content (AvgIpc) is 3.09. The zero-order valence-corrected chi connectivity index (χ0v) is 13.8. The Morgan fingerprint density at radius 2 is 2.08 bits per heavy atom. The molecule has 0 saturated carbocycles. The Bertz CT molecular complexity index is 911. The van der Waals surface area contributed by atoms with Gasteiger partial charge in [0.25, 0.3) is 0 Å². The Labute approximate surface area is 148 Å². The molecule has 0 saturated heterocycles. The molecule has 1 amide bonds. The molecule has 1 unspecified atom stereocenters. The molecule has 2 aromatic carbocycles. The van der Waals surface area contributed by atoms with Crippen molar-refractivity contribution in [1.82, 2.24) is 0 Å². The Morgan fingerprint density at radius 1 is 1.28 bits per heavy atom. The van der Waals surface area contributed by atoms with Crippen LogP contribution < -0.4 is 9.64 Å². The van der Waals surface area contributed by atoms with Gasteiger partial charge in [0.15, 0.2) is 0 Å². The number of fused-ring (bicyclic) bond motifs is 2. The fourth-order valence-electron chi connectivity index (χ4n) is 3.47.